The minimum atomic E-state index is -0.0608. The van der Waals surface area contributed by atoms with Crippen LogP contribution in [-0.4, -0.2) is 40.7 Å². The van der Waals surface area contributed by atoms with Crippen molar-refractivity contribution in [3.8, 4) is 0 Å². The molecule has 0 unspecified atom stereocenters. The Balaban J connectivity index is 1.67. The maximum absolute atomic E-state index is 12.4. The molecule has 0 radical (unpaired) electrons. The van der Waals surface area contributed by atoms with E-state index in [0.29, 0.717) is 24.9 Å². The molecule has 0 atom stereocenters. The Morgan fingerprint density at radius 3 is 2.83 bits per heavy atom. The zero-order valence-corrected chi connectivity index (χ0v) is 14.4. The van der Waals surface area contributed by atoms with Gasteiger partial charge in [0.2, 0.25) is 0 Å². The molecule has 0 spiro atoms. The lowest BCUT2D eigenvalue weighted by molar-refractivity contribution is 0.143. The number of hydrogen-bond donors (Lipinski definition) is 2. The molecule has 1 aliphatic heterocycles. The predicted molar refractivity (Wildman–Crippen MR) is 94.1 cm³/mol. The number of fused-ring (bicyclic) bond motifs is 1. The number of aliphatic hydroxyl groups is 1. The number of rotatable bonds is 3. The van der Waals surface area contributed by atoms with Crippen LogP contribution in [0.5, 0.6) is 0 Å². The van der Waals surface area contributed by atoms with E-state index >= 15 is 0 Å². The Morgan fingerprint density at radius 2 is 2.17 bits per heavy atom. The molecule has 5 nitrogen and oxygen atoms in total. The zero-order chi connectivity index (χ0) is 16.4. The van der Waals surface area contributed by atoms with E-state index in [9.17, 15) is 4.79 Å². The summed E-state index contributed by atoms with van der Waals surface area (Å²) in [4.78, 5) is 18.8. The average molecular weight is 333 g/mol. The Bertz CT molecular complexity index is 690. The number of anilines is 1. The first kappa shape index (κ1) is 16.2. The summed E-state index contributed by atoms with van der Waals surface area (Å²) in [6, 6.07) is 5.81. The van der Waals surface area contributed by atoms with Gasteiger partial charge in [-0.05, 0) is 37.0 Å². The number of thiazole rings is 1. The molecule has 2 heterocycles. The molecule has 3 rings (SSSR count). The monoisotopic (exact) mass is 333 g/mol. The zero-order valence-electron chi connectivity index (χ0n) is 13.6. The van der Waals surface area contributed by atoms with Crippen LogP contribution in [0.25, 0.3) is 10.2 Å². The molecule has 1 aromatic carbocycles. The summed E-state index contributed by atoms with van der Waals surface area (Å²) in [5.74, 6) is 0.750. The fourth-order valence-electron chi connectivity index (χ4n) is 2.79. The van der Waals surface area contributed by atoms with Crippen molar-refractivity contribution in [2.45, 2.75) is 32.6 Å². The second-order valence-electron chi connectivity index (χ2n) is 6.43. The van der Waals surface area contributed by atoms with Gasteiger partial charge in [0.05, 0.1) is 15.2 Å². The maximum Gasteiger partial charge on any atom is 0.321 e. The van der Waals surface area contributed by atoms with Gasteiger partial charge in [0.15, 0.2) is 0 Å². The van der Waals surface area contributed by atoms with Gasteiger partial charge in [-0.1, -0.05) is 13.8 Å². The number of aliphatic hydroxyl groups excluding tert-OH is 1. The highest BCUT2D eigenvalue weighted by molar-refractivity contribution is 7.18. The summed E-state index contributed by atoms with van der Waals surface area (Å²) in [5.41, 5.74) is 1.80. The maximum atomic E-state index is 12.4. The number of nitrogens with zero attached hydrogens (tertiary/aromatic N) is 2. The molecule has 23 heavy (non-hydrogen) atoms. The van der Waals surface area contributed by atoms with E-state index in [1.165, 1.54) is 0 Å². The molecule has 2 aromatic rings. The Kier molecular flexibility index (Phi) is 4.82. The van der Waals surface area contributed by atoms with Crippen molar-refractivity contribution in [2.24, 2.45) is 5.92 Å². The summed E-state index contributed by atoms with van der Waals surface area (Å²) in [5, 5.41) is 13.3. The lowest BCUT2D eigenvalue weighted by Gasteiger charge is -2.31. The highest BCUT2D eigenvalue weighted by Gasteiger charge is 2.22. The molecule has 0 saturated carbocycles. The standard InChI is InChI=1S/C17H23N3O2S/c1-11(2)16-19-14-4-3-13(9-15(14)23-16)18-17(22)20-7-5-12(10-21)6-8-20/h3-4,9,11-12,21H,5-8,10H2,1-2H3,(H,18,22). The second kappa shape index (κ2) is 6.84. The molecule has 6 heteroatoms. The van der Waals surface area contributed by atoms with Gasteiger partial charge in [0, 0.05) is 31.3 Å². The fraction of sp³-hybridized carbons (Fsp3) is 0.529. The average Bonchev–Trinajstić information content (AvgIpc) is 2.98. The Morgan fingerprint density at radius 1 is 1.43 bits per heavy atom. The number of aromatic nitrogens is 1. The first-order chi connectivity index (χ1) is 11.1. The van der Waals surface area contributed by atoms with Gasteiger partial charge in [-0.25, -0.2) is 9.78 Å². The first-order valence-electron chi connectivity index (χ1n) is 8.14. The van der Waals surface area contributed by atoms with Gasteiger partial charge in [-0.2, -0.15) is 0 Å². The molecular formula is C17H23N3O2S. The normalized spacial score (nSPS) is 16.3. The van der Waals surface area contributed by atoms with Crippen molar-refractivity contribution in [1.82, 2.24) is 9.88 Å². The highest BCUT2D eigenvalue weighted by atomic mass is 32.1. The lowest BCUT2D eigenvalue weighted by Crippen LogP contribution is -2.41. The van der Waals surface area contributed by atoms with Gasteiger partial charge in [-0.15, -0.1) is 11.3 Å². The molecule has 2 N–H and O–H groups in total. The number of hydrogen-bond acceptors (Lipinski definition) is 4. The minimum Gasteiger partial charge on any atom is -0.396 e. The van der Waals surface area contributed by atoms with Crippen molar-refractivity contribution in [2.75, 3.05) is 25.0 Å². The molecule has 124 valence electrons. The summed E-state index contributed by atoms with van der Waals surface area (Å²) in [6.45, 7) is 5.90. The van der Waals surface area contributed by atoms with Crippen LogP contribution in [0.15, 0.2) is 18.2 Å². The van der Waals surface area contributed by atoms with Crippen LogP contribution in [0.4, 0.5) is 10.5 Å². The van der Waals surface area contributed by atoms with Gasteiger partial charge in [-0.3, -0.25) is 0 Å². The Hall–Kier alpha value is -1.66. The Labute approximate surface area is 140 Å². The second-order valence-corrected chi connectivity index (χ2v) is 7.49. The highest BCUT2D eigenvalue weighted by Crippen LogP contribution is 2.29. The van der Waals surface area contributed by atoms with Crippen molar-refractivity contribution in [1.29, 1.82) is 0 Å². The summed E-state index contributed by atoms with van der Waals surface area (Å²) in [6.07, 6.45) is 1.74. The van der Waals surface area contributed by atoms with E-state index in [0.717, 1.165) is 33.8 Å². The molecule has 1 fully saturated rings. The molecular weight excluding hydrogens is 310 g/mol. The number of carbonyl (C=O) groups is 1. The minimum absolute atomic E-state index is 0.0608. The number of piperidine rings is 1. The van der Waals surface area contributed by atoms with Gasteiger partial charge < -0.3 is 15.3 Å². The smallest absolute Gasteiger partial charge is 0.321 e. The van der Waals surface area contributed by atoms with Crippen LogP contribution in [0.2, 0.25) is 0 Å². The van der Waals surface area contributed by atoms with E-state index in [2.05, 4.69) is 24.1 Å². The molecule has 1 saturated heterocycles. The molecule has 1 aliphatic rings. The van der Waals surface area contributed by atoms with Crippen molar-refractivity contribution in [3.05, 3.63) is 23.2 Å². The summed E-state index contributed by atoms with van der Waals surface area (Å²) in [7, 11) is 0. The van der Waals surface area contributed by atoms with E-state index in [-0.39, 0.29) is 12.6 Å². The lowest BCUT2D eigenvalue weighted by atomic mass is 9.98. The third-order valence-electron chi connectivity index (χ3n) is 4.31. The van der Waals surface area contributed by atoms with Crippen LogP contribution in [0.3, 0.4) is 0 Å². The van der Waals surface area contributed by atoms with E-state index < -0.39 is 0 Å². The number of carbonyl (C=O) groups excluding carboxylic acids is 1. The van der Waals surface area contributed by atoms with Gasteiger partial charge in [0.1, 0.15) is 0 Å². The number of likely N-dealkylation sites (tertiary alicyclic amines) is 1. The topological polar surface area (TPSA) is 65.5 Å². The summed E-state index contributed by atoms with van der Waals surface area (Å²) >= 11 is 1.68. The SMILES string of the molecule is CC(C)c1nc2ccc(NC(=O)N3CCC(CO)CC3)cc2s1. The van der Waals surface area contributed by atoms with E-state index in [1.807, 2.05) is 23.1 Å². The number of benzene rings is 1. The van der Waals surface area contributed by atoms with Crippen LogP contribution in [-0.2, 0) is 0 Å². The number of nitrogens with one attached hydrogen (secondary N) is 1. The van der Waals surface area contributed by atoms with Gasteiger partial charge >= 0.3 is 6.03 Å². The van der Waals surface area contributed by atoms with Crippen LogP contribution in [0, 0.1) is 5.92 Å². The molecule has 0 bridgehead atoms. The van der Waals surface area contributed by atoms with Crippen molar-refractivity contribution in [3.63, 3.8) is 0 Å². The van der Waals surface area contributed by atoms with Crippen molar-refractivity contribution >= 4 is 33.3 Å². The number of urea groups is 1. The van der Waals surface area contributed by atoms with Gasteiger partial charge in [0.25, 0.3) is 0 Å². The first-order valence-corrected chi connectivity index (χ1v) is 8.95. The third kappa shape index (κ3) is 3.64. The largest absolute Gasteiger partial charge is 0.396 e. The predicted octanol–water partition coefficient (Wildman–Crippen LogP) is 3.66. The molecule has 2 amide bonds. The molecule has 1 aromatic heterocycles. The van der Waals surface area contributed by atoms with E-state index in [1.54, 1.807) is 11.3 Å². The number of amides is 2. The van der Waals surface area contributed by atoms with Crippen LogP contribution in [0.1, 0.15) is 37.6 Å². The van der Waals surface area contributed by atoms with Crippen molar-refractivity contribution < 1.29 is 9.90 Å². The fourth-order valence-corrected chi connectivity index (χ4v) is 3.80. The summed E-state index contributed by atoms with van der Waals surface area (Å²) < 4.78 is 1.10. The van der Waals surface area contributed by atoms with E-state index in [4.69, 9.17) is 5.11 Å². The third-order valence-corrected chi connectivity index (χ3v) is 5.63. The quantitative estimate of drug-likeness (QED) is 0.901. The van der Waals surface area contributed by atoms with Crippen LogP contribution < -0.4 is 5.32 Å². The molecule has 0 aliphatic carbocycles. The van der Waals surface area contributed by atoms with Crippen LogP contribution >= 0.6 is 11.3 Å².